The van der Waals surface area contributed by atoms with Gasteiger partial charge in [0, 0.05) is 37.6 Å². The fourth-order valence-corrected chi connectivity index (χ4v) is 5.67. The molecular weight excluding hydrogens is 362 g/mol. The van der Waals surface area contributed by atoms with Crippen LogP contribution in [0.25, 0.3) is 0 Å². The van der Waals surface area contributed by atoms with E-state index in [1.54, 1.807) is 0 Å². The van der Waals surface area contributed by atoms with Crippen molar-refractivity contribution in [3.8, 4) is 0 Å². The van der Waals surface area contributed by atoms with Crippen molar-refractivity contribution in [1.29, 1.82) is 0 Å². The van der Waals surface area contributed by atoms with Gasteiger partial charge in [-0.15, -0.1) is 0 Å². The molecule has 1 aromatic carbocycles. The molecule has 2 fully saturated rings. The smallest absolute Gasteiger partial charge is 0.191 e. The maximum absolute atomic E-state index is 12.9. The number of benzene rings is 1. The van der Waals surface area contributed by atoms with Gasteiger partial charge in [-0.3, -0.25) is 9.69 Å². The van der Waals surface area contributed by atoms with E-state index in [1.165, 1.54) is 24.8 Å². The Bertz CT molecular complexity index is 638. The van der Waals surface area contributed by atoms with Crippen molar-refractivity contribution >= 4 is 14.1 Å². The number of carbonyl (C=O) groups excluding carboxylic acids is 1. The second kappa shape index (κ2) is 8.81. The number of Topliss-reactive ketones (excluding diaryl/α,β-unsaturated/α-hetero) is 1. The van der Waals surface area contributed by atoms with Crippen LogP contribution < -0.4 is 0 Å². The van der Waals surface area contributed by atoms with Gasteiger partial charge in [0.15, 0.2) is 8.32 Å². The lowest BCUT2D eigenvalue weighted by Gasteiger charge is -2.48. The first-order chi connectivity index (χ1) is 13.2. The zero-order chi connectivity index (χ0) is 20.4. The summed E-state index contributed by atoms with van der Waals surface area (Å²) in [5.74, 6) is 0.681. The van der Waals surface area contributed by atoms with Crippen LogP contribution in [0.3, 0.4) is 0 Å². The molecule has 156 valence electrons. The molecule has 2 atom stereocenters. The van der Waals surface area contributed by atoms with E-state index in [0.717, 1.165) is 19.4 Å². The first kappa shape index (κ1) is 21.7. The van der Waals surface area contributed by atoms with E-state index >= 15 is 0 Å². The third-order valence-electron chi connectivity index (χ3n) is 7.41. The van der Waals surface area contributed by atoms with Gasteiger partial charge >= 0.3 is 0 Å². The molecule has 2 aliphatic rings. The Morgan fingerprint density at radius 2 is 1.71 bits per heavy atom. The van der Waals surface area contributed by atoms with Crippen molar-refractivity contribution in [3.05, 3.63) is 35.9 Å². The number of fused-ring (bicyclic) bond motifs is 2. The van der Waals surface area contributed by atoms with Crippen molar-refractivity contribution < 1.29 is 9.22 Å². The molecule has 0 N–H and O–H groups in total. The highest BCUT2D eigenvalue weighted by Crippen LogP contribution is 2.39. The van der Waals surface area contributed by atoms with Crippen LogP contribution in [0.4, 0.5) is 0 Å². The Labute approximate surface area is 173 Å². The molecule has 0 saturated carbocycles. The van der Waals surface area contributed by atoms with Gasteiger partial charge in [0.1, 0.15) is 5.78 Å². The predicted molar refractivity (Wildman–Crippen MR) is 119 cm³/mol. The average molecular weight is 402 g/mol. The quantitative estimate of drug-likeness (QED) is 0.541. The second-order valence-corrected chi connectivity index (χ2v) is 15.2. The molecule has 4 heteroatoms. The predicted octanol–water partition coefficient (Wildman–Crippen LogP) is 5.80. The normalized spacial score (nSPS) is 26.2. The molecular formula is C24H39NO2Si. The topological polar surface area (TPSA) is 29.5 Å². The Morgan fingerprint density at radius 1 is 1.11 bits per heavy atom. The van der Waals surface area contributed by atoms with Gasteiger partial charge in [-0.05, 0) is 49.4 Å². The summed E-state index contributed by atoms with van der Waals surface area (Å²) < 4.78 is 6.26. The number of hydrogen-bond donors (Lipinski definition) is 0. The molecule has 0 radical (unpaired) electrons. The minimum absolute atomic E-state index is 0.204. The molecule has 2 bridgehead atoms. The SMILES string of the molecule is CC(C)(C)[Si](C)(C)OCCC(=O)C1CC2CCCC(C1)N2Cc1ccccc1. The highest BCUT2D eigenvalue weighted by atomic mass is 28.4. The van der Waals surface area contributed by atoms with E-state index < -0.39 is 8.32 Å². The molecule has 0 aromatic heterocycles. The fraction of sp³-hybridized carbons (Fsp3) is 0.708. The van der Waals surface area contributed by atoms with Gasteiger partial charge in [-0.2, -0.15) is 0 Å². The molecule has 2 saturated heterocycles. The van der Waals surface area contributed by atoms with Gasteiger partial charge in [0.25, 0.3) is 0 Å². The Morgan fingerprint density at radius 3 is 2.29 bits per heavy atom. The molecule has 2 unspecified atom stereocenters. The molecule has 2 aliphatic heterocycles. The van der Waals surface area contributed by atoms with Crippen LogP contribution in [-0.4, -0.2) is 37.7 Å². The van der Waals surface area contributed by atoms with Crippen molar-refractivity contribution in [3.63, 3.8) is 0 Å². The van der Waals surface area contributed by atoms with Gasteiger partial charge in [0.05, 0.1) is 0 Å². The monoisotopic (exact) mass is 401 g/mol. The standard InChI is InChI=1S/C24H39NO2Si/c1-24(2,3)28(4,5)27-15-14-23(26)20-16-21-12-9-13-22(17-20)25(21)18-19-10-7-6-8-11-19/h6-8,10-11,20-22H,9,12-18H2,1-5H3. The zero-order valence-corrected chi connectivity index (χ0v) is 19.5. The molecule has 3 rings (SSSR count). The first-order valence-electron chi connectivity index (χ1n) is 11.1. The number of nitrogens with zero attached hydrogens (tertiary/aromatic N) is 1. The lowest BCUT2D eigenvalue weighted by molar-refractivity contribution is -0.127. The summed E-state index contributed by atoms with van der Waals surface area (Å²) in [6.45, 7) is 12.9. The van der Waals surface area contributed by atoms with Crippen molar-refractivity contribution in [1.82, 2.24) is 4.90 Å². The lowest BCUT2D eigenvalue weighted by atomic mass is 9.76. The van der Waals surface area contributed by atoms with E-state index in [9.17, 15) is 4.79 Å². The van der Waals surface area contributed by atoms with Crippen LogP contribution >= 0.6 is 0 Å². The number of piperidine rings is 2. The summed E-state index contributed by atoms with van der Waals surface area (Å²) in [6.07, 6.45) is 6.48. The third-order valence-corrected chi connectivity index (χ3v) is 11.9. The maximum Gasteiger partial charge on any atom is 0.191 e. The first-order valence-corrected chi connectivity index (χ1v) is 14.0. The molecule has 2 heterocycles. The Hall–Kier alpha value is -0.973. The molecule has 1 aromatic rings. The van der Waals surface area contributed by atoms with E-state index in [0.29, 0.717) is 30.9 Å². The Kier molecular flexibility index (Phi) is 6.83. The van der Waals surface area contributed by atoms with Crippen molar-refractivity contribution in [2.45, 2.75) is 96.1 Å². The van der Waals surface area contributed by atoms with Crippen molar-refractivity contribution in [2.75, 3.05) is 6.61 Å². The average Bonchev–Trinajstić information content (AvgIpc) is 2.61. The van der Waals surface area contributed by atoms with Gasteiger partial charge in [-0.1, -0.05) is 57.5 Å². The van der Waals surface area contributed by atoms with Gasteiger partial charge in [0.2, 0.25) is 0 Å². The zero-order valence-electron chi connectivity index (χ0n) is 18.5. The summed E-state index contributed by atoms with van der Waals surface area (Å²) in [4.78, 5) is 15.6. The number of ketones is 1. The minimum atomic E-state index is -1.76. The van der Waals surface area contributed by atoms with Crippen LogP contribution in [0.1, 0.15) is 64.9 Å². The van der Waals surface area contributed by atoms with Crippen molar-refractivity contribution in [2.24, 2.45) is 5.92 Å². The summed E-state index contributed by atoms with van der Waals surface area (Å²) in [6, 6.07) is 11.9. The molecule has 0 aliphatic carbocycles. The number of rotatable bonds is 7. The van der Waals surface area contributed by atoms with Gasteiger partial charge in [-0.25, -0.2) is 0 Å². The number of hydrogen-bond acceptors (Lipinski definition) is 3. The van der Waals surface area contributed by atoms with Crippen LogP contribution in [0.15, 0.2) is 30.3 Å². The molecule has 0 spiro atoms. The second-order valence-electron chi connectivity index (χ2n) is 10.4. The number of carbonyl (C=O) groups is 1. The van der Waals surface area contributed by atoms with Crippen LogP contribution in [0.5, 0.6) is 0 Å². The maximum atomic E-state index is 12.9. The molecule has 28 heavy (non-hydrogen) atoms. The summed E-state index contributed by atoms with van der Waals surface area (Å²) in [5.41, 5.74) is 1.40. The van der Waals surface area contributed by atoms with Gasteiger partial charge < -0.3 is 4.43 Å². The van der Waals surface area contributed by atoms with Crippen LogP contribution in [0, 0.1) is 5.92 Å². The highest BCUT2D eigenvalue weighted by molar-refractivity contribution is 6.74. The largest absolute Gasteiger partial charge is 0.416 e. The van der Waals surface area contributed by atoms with E-state index in [1.807, 2.05) is 0 Å². The third kappa shape index (κ3) is 5.14. The van der Waals surface area contributed by atoms with E-state index in [-0.39, 0.29) is 11.0 Å². The molecule has 3 nitrogen and oxygen atoms in total. The summed E-state index contributed by atoms with van der Waals surface area (Å²) in [5, 5.41) is 0.204. The summed E-state index contributed by atoms with van der Waals surface area (Å²) in [7, 11) is -1.76. The highest BCUT2D eigenvalue weighted by Gasteiger charge is 2.41. The van der Waals surface area contributed by atoms with Crippen LogP contribution in [-0.2, 0) is 15.8 Å². The summed E-state index contributed by atoms with van der Waals surface area (Å²) >= 11 is 0. The molecule has 0 amide bonds. The lowest BCUT2D eigenvalue weighted by Crippen LogP contribution is -2.52. The van der Waals surface area contributed by atoms with E-state index in [2.05, 4.69) is 69.1 Å². The Balaban J connectivity index is 1.54. The minimum Gasteiger partial charge on any atom is -0.416 e. The van der Waals surface area contributed by atoms with Crippen LogP contribution in [0.2, 0.25) is 18.1 Å². The fourth-order valence-electron chi connectivity index (χ4n) is 4.62. The van der Waals surface area contributed by atoms with E-state index in [4.69, 9.17) is 4.43 Å².